The summed E-state index contributed by atoms with van der Waals surface area (Å²) in [6, 6.07) is 0. The molecule has 0 fully saturated rings. The summed E-state index contributed by atoms with van der Waals surface area (Å²) in [4.78, 5) is 4.20. The van der Waals surface area contributed by atoms with Crippen LogP contribution in [0.2, 0.25) is 0 Å². The van der Waals surface area contributed by atoms with Gasteiger partial charge in [0, 0.05) is 26.0 Å². The van der Waals surface area contributed by atoms with Crippen molar-refractivity contribution in [3.05, 3.63) is 12.4 Å². The van der Waals surface area contributed by atoms with Gasteiger partial charge in [0.1, 0.15) is 0 Å². The SMILES string of the molecule is CCC(C)(C)CNc1nccn1C. The molecular formula is C10H19N3. The van der Waals surface area contributed by atoms with Crippen LogP contribution in [0, 0.1) is 5.41 Å². The number of aromatic nitrogens is 2. The maximum Gasteiger partial charge on any atom is 0.202 e. The van der Waals surface area contributed by atoms with Crippen LogP contribution in [0.3, 0.4) is 0 Å². The van der Waals surface area contributed by atoms with Crippen LogP contribution < -0.4 is 5.32 Å². The lowest BCUT2D eigenvalue weighted by Gasteiger charge is -2.23. The highest BCUT2D eigenvalue weighted by Gasteiger charge is 2.14. The number of nitrogens with zero attached hydrogens (tertiary/aromatic N) is 2. The van der Waals surface area contributed by atoms with Crippen LogP contribution in [0.4, 0.5) is 5.95 Å². The molecule has 0 saturated heterocycles. The minimum Gasteiger partial charge on any atom is -0.355 e. The maximum atomic E-state index is 4.20. The third-order valence-corrected chi connectivity index (χ3v) is 2.50. The summed E-state index contributed by atoms with van der Waals surface area (Å²) in [6.07, 6.45) is 4.92. The molecule has 3 nitrogen and oxygen atoms in total. The third kappa shape index (κ3) is 2.76. The van der Waals surface area contributed by atoms with Gasteiger partial charge >= 0.3 is 0 Å². The quantitative estimate of drug-likeness (QED) is 0.772. The summed E-state index contributed by atoms with van der Waals surface area (Å²) >= 11 is 0. The van der Waals surface area contributed by atoms with E-state index in [4.69, 9.17) is 0 Å². The van der Waals surface area contributed by atoms with Crippen LogP contribution in [0.25, 0.3) is 0 Å². The van der Waals surface area contributed by atoms with E-state index in [-0.39, 0.29) is 0 Å². The number of hydrogen-bond acceptors (Lipinski definition) is 2. The molecule has 0 aromatic carbocycles. The Morgan fingerprint density at radius 3 is 2.69 bits per heavy atom. The molecule has 0 spiro atoms. The number of aryl methyl sites for hydroxylation is 1. The zero-order valence-electron chi connectivity index (χ0n) is 8.96. The van der Waals surface area contributed by atoms with E-state index >= 15 is 0 Å². The fourth-order valence-corrected chi connectivity index (χ4v) is 0.979. The van der Waals surface area contributed by atoms with Crippen molar-refractivity contribution in [1.82, 2.24) is 9.55 Å². The zero-order chi connectivity index (χ0) is 9.90. The maximum absolute atomic E-state index is 4.20. The van der Waals surface area contributed by atoms with Crippen molar-refractivity contribution in [2.24, 2.45) is 12.5 Å². The first-order valence-corrected chi connectivity index (χ1v) is 4.76. The Morgan fingerprint density at radius 2 is 2.23 bits per heavy atom. The highest BCUT2D eigenvalue weighted by atomic mass is 15.2. The molecule has 0 radical (unpaired) electrons. The van der Waals surface area contributed by atoms with E-state index in [1.807, 2.05) is 17.8 Å². The molecule has 0 aliphatic heterocycles. The second-order valence-electron chi connectivity index (χ2n) is 4.23. The second-order valence-corrected chi connectivity index (χ2v) is 4.23. The molecule has 13 heavy (non-hydrogen) atoms. The lowest BCUT2D eigenvalue weighted by atomic mass is 9.90. The smallest absolute Gasteiger partial charge is 0.202 e. The molecule has 1 aromatic rings. The summed E-state index contributed by atoms with van der Waals surface area (Å²) in [5.41, 5.74) is 0.339. The van der Waals surface area contributed by atoms with Gasteiger partial charge in [-0.15, -0.1) is 0 Å². The van der Waals surface area contributed by atoms with Crippen molar-refractivity contribution >= 4 is 5.95 Å². The predicted molar refractivity (Wildman–Crippen MR) is 55.8 cm³/mol. The van der Waals surface area contributed by atoms with E-state index in [1.54, 1.807) is 6.20 Å². The number of imidazole rings is 1. The average molecular weight is 181 g/mol. The standard InChI is InChI=1S/C10H19N3/c1-5-10(2,3)8-12-9-11-6-7-13(9)4/h6-7H,5,8H2,1-4H3,(H,11,12). The number of rotatable bonds is 4. The molecular weight excluding hydrogens is 162 g/mol. The van der Waals surface area contributed by atoms with Gasteiger partial charge in [0.25, 0.3) is 0 Å². The molecule has 3 heteroatoms. The van der Waals surface area contributed by atoms with Crippen molar-refractivity contribution in [2.75, 3.05) is 11.9 Å². The van der Waals surface area contributed by atoms with Crippen LogP contribution >= 0.6 is 0 Å². The summed E-state index contributed by atoms with van der Waals surface area (Å²) in [7, 11) is 1.99. The fraction of sp³-hybridized carbons (Fsp3) is 0.700. The van der Waals surface area contributed by atoms with Gasteiger partial charge in [-0.2, -0.15) is 0 Å². The largest absolute Gasteiger partial charge is 0.355 e. The number of nitrogens with one attached hydrogen (secondary N) is 1. The molecule has 0 atom stereocenters. The molecule has 74 valence electrons. The molecule has 1 heterocycles. The first-order chi connectivity index (χ1) is 6.05. The van der Waals surface area contributed by atoms with Crippen molar-refractivity contribution in [3.63, 3.8) is 0 Å². The summed E-state index contributed by atoms with van der Waals surface area (Å²) in [6.45, 7) is 7.68. The van der Waals surface area contributed by atoms with Gasteiger partial charge in [0.2, 0.25) is 5.95 Å². The van der Waals surface area contributed by atoms with E-state index in [0.29, 0.717) is 5.41 Å². The van der Waals surface area contributed by atoms with Gasteiger partial charge < -0.3 is 9.88 Å². The Balaban J connectivity index is 2.48. The van der Waals surface area contributed by atoms with Crippen LogP contribution in [0.15, 0.2) is 12.4 Å². The van der Waals surface area contributed by atoms with Crippen LogP contribution in [-0.2, 0) is 7.05 Å². The number of anilines is 1. The van der Waals surface area contributed by atoms with Gasteiger partial charge in [0.15, 0.2) is 0 Å². The Kier molecular flexibility index (Phi) is 2.96. The summed E-state index contributed by atoms with van der Waals surface area (Å²) in [5.74, 6) is 0.946. The average Bonchev–Trinajstić information content (AvgIpc) is 2.48. The molecule has 0 bridgehead atoms. The van der Waals surface area contributed by atoms with Crippen molar-refractivity contribution in [3.8, 4) is 0 Å². The van der Waals surface area contributed by atoms with Crippen LogP contribution in [-0.4, -0.2) is 16.1 Å². The van der Waals surface area contributed by atoms with Gasteiger partial charge in [-0.1, -0.05) is 20.8 Å². The summed E-state index contributed by atoms with van der Waals surface area (Å²) < 4.78 is 1.99. The van der Waals surface area contributed by atoms with E-state index in [0.717, 1.165) is 12.5 Å². The Hall–Kier alpha value is -0.990. The second kappa shape index (κ2) is 3.81. The monoisotopic (exact) mass is 181 g/mol. The van der Waals surface area contributed by atoms with Crippen molar-refractivity contribution in [2.45, 2.75) is 27.2 Å². The van der Waals surface area contributed by atoms with Crippen molar-refractivity contribution in [1.29, 1.82) is 0 Å². The topological polar surface area (TPSA) is 29.9 Å². The minimum atomic E-state index is 0.339. The molecule has 0 unspecified atom stereocenters. The van der Waals surface area contributed by atoms with E-state index < -0.39 is 0 Å². The molecule has 1 N–H and O–H groups in total. The van der Waals surface area contributed by atoms with Gasteiger partial charge in [-0.25, -0.2) is 4.98 Å². The van der Waals surface area contributed by atoms with Gasteiger partial charge in [-0.3, -0.25) is 0 Å². The van der Waals surface area contributed by atoms with Crippen LogP contribution in [0.5, 0.6) is 0 Å². The van der Waals surface area contributed by atoms with E-state index in [2.05, 4.69) is 31.1 Å². The molecule has 0 amide bonds. The highest BCUT2D eigenvalue weighted by Crippen LogP contribution is 2.19. The van der Waals surface area contributed by atoms with Crippen LogP contribution in [0.1, 0.15) is 27.2 Å². The highest BCUT2D eigenvalue weighted by molar-refractivity contribution is 5.25. The Labute approximate surface area is 80.2 Å². The Bertz CT molecular complexity index is 263. The lowest BCUT2D eigenvalue weighted by Crippen LogP contribution is -2.23. The summed E-state index contributed by atoms with van der Waals surface area (Å²) in [5, 5.41) is 3.34. The first-order valence-electron chi connectivity index (χ1n) is 4.76. The molecule has 1 rings (SSSR count). The zero-order valence-corrected chi connectivity index (χ0v) is 8.96. The number of hydrogen-bond donors (Lipinski definition) is 1. The van der Waals surface area contributed by atoms with Crippen molar-refractivity contribution < 1.29 is 0 Å². The molecule has 1 aromatic heterocycles. The lowest BCUT2D eigenvalue weighted by molar-refractivity contribution is 0.375. The van der Waals surface area contributed by atoms with E-state index in [1.165, 1.54) is 6.42 Å². The van der Waals surface area contributed by atoms with Gasteiger partial charge in [-0.05, 0) is 11.8 Å². The van der Waals surface area contributed by atoms with Gasteiger partial charge in [0.05, 0.1) is 0 Å². The normalized spacial score (nSPS) is 11.7. The fourth-order valence-electron chi connectivity index (χ4n) is 0.979. The third-order valence-electron chi connectivity index (χ3n) is 2.50. The minimum absolute atomic E-state index is 0.339. The molecule has 0 saturated carbocycles. The first kappa shape index (κ1) is 10.1. The molecule has 0 aliphatic carbocycles. The Morgan fingerprint density at radius 1 is 1.54 bits per heavy atom. The molecule has 0 aliphatic rings. The predicted octanol–water partition coefficient (Wildman–Crippen LogP) is 2.27. The van der Waals surface area contributed by atoms with E-state index in [9.17, 15) is 0 Å².